The van der Waals surface area contributed by atoms with E-state index in [0.29, 0.717) is 11.8 Å². The SMILES string of the molecule is CNC1(C(=O)O)CCCC1CCN(CC(C)C)CC(C)C. The molecular weight excluding hydrogens is 264 g/mol. The van der Waals surface area contributed by atoms with Crippen molar-refractivity contribution >= 4 is 5.97 Å². The van der Waals surface area contributed by atoms with Gasteiger partial charge >= 0.3 is 5.97 Å². The van der Waals surface area contributed by atoms with Crippen LogP contribution in [-0.4, -0.2) is 48.2 Å². The molecule has 0 aromatic heterocycles. The molecule has 1 rings (SSSR count). The highest BCUT2D eigenvalue weighted by Crippen LogP contribution is 2.38. The molecule has 1 aliphatic rings. The predicted octanol–water partition coefficient (Wildman–Crippen LogP) is 2.83. The van der Waals surface area contributed by atoms with Gasteiger partial charge in [-0.15, -0.1) is 0 Å². The van der Waals surface area contributed by atoms with Gasteiger partial charge in [0.1, 0.15) is 5.54 Å². The Balaban J connectivity index is 2.63. The Hall–Kier alpha value is -0.610. The number of hydrogen-bond donors (Lipinski definition) is 2. The number of likely N-dealkylation sites (N-methyl/N-ethyl adjacent to an activating group) is 1. The molecule has 2 atom stereocenters. The summed E-state index contributed by atoms with van der Waals surface area (Å²) < 4.78 is 0. The third-order valence-electron chi connectivity index (χ3n) is 4.69. The fraction of sp³-hybridized carbons (Fsp3) is 0.941. The monoisotopic (exact) mass is 298 g/mol. The first-order valence-corrected chi connectivity index (χ1v) is 8.46. The van der Waals surface area contributed by atoms with Crippen LogP contribution in [0.1, 0.15) is 53.4 Å². The number of nitrogens with one attached hydrogen (secondary N) is 1. The van der Waals surface area contributed by atoms with Crippen molar-refractivity contribution in [2.45, 2.75) is 58.9 Å². The minimum absolute atomic E-state index is 0.252. The van der Waals surface area contributed by atoms with Gasteiger partial charge in [0, 0.05) is 13.1 Å². The lowest BCUT2D eigenvalue weighted by molar-refractivity contribution is -0.146. The van der Waals surface area contributed by atoms with Gasteiger partial charge in [0.25, 0.3) is 0 Å². The molecule has 1 aliphatic carbocycles. The minimum Gasteiger partial charge on any atom is -0.480 e. The lowest BCUT2D eigenvalue weighted by Crippen LogP contribution is -2.53. The van der Waals surface area contributed by atoms with Crippen LogP contribution in [-0.2, 0) is 4.79 Å². The number of carboxylic acids is 1. The Morgan fingerprint density at radius 1 is 1.29 bits per heavy atom. The van der Waals surface area contributed by atoms with Crippen LogP contribution >= 0.6 is 0 Å². The molecule has 0 aromatic carbocycles. The first-order valence-electron chi connectivity index (χ1n) is 8.46. The molecule has 0 heterocycles. The normalized spacial score (nSPS) is 26.2. The van der Waals surface area contributed by atoms with Gasteiger partial charge in [-0.25, -0.2) is 0 Å². The summed E-state index contributed by atoms with van der Waals surface area (Å²) >= 11 is 0. The summed E-state index contributed by atoms with van der Waals surface area (Å²) in [6.45, 7) is 12.2. The quantitative estimate of drug-likeness (QED) is 0.687. The van der Waals surface area contributed by atoms with E-state index in [1.165, 1.54) is 0 Å². The smallest absolute Gasteiger partial charge is 0.324 e. The summed E-state index contributed by atoms with van der Waals surface area (Å²) in [6.07, 6.45) is 3.79. The van der Waals surface area contributed by atoms with E-state index in [1.807, 2.05) is 0 Å². The van der Waals surface area contributed by atoms with Crippen molar-refractivity contribution in [1.29, 1.82) is 0 Å². The van der Waals surface area contributed by atoms with Gasteiger partial charge in [0.05, 0.1) is 0 Å². The van der Waals surface area contributed by atoms with Gasteiger partial charge in [-0.3, -0.25) is 4.79 Å². The Kier molecular flexibility index (Phi) is 7.14. The zero-order chi connectivity index (χ0) is 16.0. The van der Waals surface area contributed by atoms with Crippen LogP contribution in [0.25, 0.3) is 0 Å². The highest BCUT2D eigenvalue weighted by molar-refractivity contribution is 5.79. The molecule has 0 saturated heterocycles. The standard InChI is InChI=1S/C17H34N2O2/c1-13(2)11-19(12-14(3)4)10-8-15-7-6-9-17(15,18-5)16(20)21/h13-15,18H,6-12H2,1-5H3,(H,20,21). The zero-order valence-electron chi connectivity index (χ0n) is 14.5. The number of hydrogen-bond acceptors (Lipinski definition) is 3. The van der Waals surface area contributed by atoms with Gasteiger partial charge in [-0.05, 0) is 50.6 Å². The Bertz CT molecular complexity index is 321. The summed E-state index contributed by atoms with van der Waals surface area (Å²) in [5.41, 5.74) is -0.693. The minimum atomic E-state index is -0.693. The molecule has 0 bridgehead atoms. The molecule has 2 unspecified atom stereocenters. The number of rotatable bonds is 9. The van der Waals surface area contributed by atoms with Gasteiger partial charge in [0.15, 0.2) is 0 Å². The number of nitrogens with zero attached hydrogens (tertiary/aromatic N) is 1. The molecule has 2 N–H and O–H groups in total. The van der Waals surface area contributed by atoms with Crippen LogP contribution in [0.4, 0.5) is 0 Å². The summed E-state index contributed by atoms with van der Waals surface area (Å²) in [6, 6.07) is 0. The molecular formula is C17H34N2O2. The molecule has 21 heavy (non-hydrogen) atoms. The number of aliphatic carboxylic acids is 1. The van der Waals surface area contributed by atoms with Gasteiger partial charge in [0.2, 0.25) is 0 Å². The fourth-order valence-corrected chi connectivity index (χ4v) is 3.81. The summed E-state index contributed by atoms with van der Waals surface area (Å²) in [7, 11) is 1.80. The van der Waals surface area contributed by atoms with Crippen molar-refractivity contribution in [3.8, 4) is 0 Å². The lowest BCUT2D eigenvalue weighted by Gasteiger charge is -2.33. The van der Waals surface area contributed by atoms with E-state index in [2.05, 4.69) is 37.9 Å². The van der Waals surface area contributed by atoms with Crippen LogP contribution in [0.15, 0.2) is 0 Å². The molecule has 0 radical (unpaired) electrons. The highest BCUT2D eigenvalue weighted by Gasteiger charge is 2.47. The molecule has 0 amide bonds. The molecule has 0 spiro atoms. The largest absolute Gasteiger partial charge is 0.480 e. The molecule has 124 valence electrons. The molecule has 1 saturated carbocycles. The van der Waals surface area contributed by atoms with E-state index in [9.17, 15) is 9.90 Å². The number of carboxylic acid groups (broad SMARTS) is 1. The van der Waals surface area contributed by atoms with Crippen molar-refractivity contribution in [2.24, 2.45) is 17.8 Å². The maximum absolute atomic E-state index is 11.7. The van der Waals surface area contributed by atoms with E-state index < -0.39 is 11.5 Å². The lowest BCUT2D eigenvalue weighted by atomic mass is 9.84. The van der Waals surface area contributed by atoms with E-state index in [-0.39, 0.29) is 5.92 Å². The average Bonchev–Trinajstić information content (AvgIpc) is 2.78. The third-order valence-corrected chi connectivity index (χ3v) is 4.69. The average molecular weight is 298 g/mol. The maximum Gasteiger partial charge on any atom is 0.324 e. The van der Waals surface area contributed by atoms with Gasteiger partial charge in [-0.1, -0.05) is 34.1 Å². The van der Waals surface area contributed by atoms with E-state index >= 15 is 0 Å². The second kappa shape index (κ2) is 8.14. The van der Waals surface area contributed by atoms with Crippen LogP contribution in [0.3, 0.4) is 0 Å². The third kappa shape index (κ3) is 4.96. The van der Waals surface area contributed by atoms with Crippen molar-refractivity contribution in [2.75, 3.05) is 26.7 Å². The Labute approximate surface area is 130 Å². The molecule has 1 fully saturated rings. The van der Waals surface area contributed by atoms with Crippen LogP contribution in [0.5, 0.6) is 0 Å². The summed E-state index contributed by atoms with van der Waals surface area (Å²) in [5, 5.41) is 12.7. The molecule has 4 nitrogen and oxygen atoms in total. The predicted molar refractivity (Wildman–Crippen MR) is 87.5 cm³/mol. The first kappa shape index (κ1) is 18.4. The van der Waals surface area contributed by atoms with Crippen molar-refractivity contribution in [1.82, 2.24) is 10.2 Å². The first-order chi connectivity index (χ1) is 9.81. The topological polar surface area (TPSA) is 52.6 Å². The summed E-state index contributed by atoms with van der Waals surface area (Å²) in [4.78, 5) is 14.2. The second-order valence-corrected chi connectivity index (χ2v) is 7.45. The van der Waals surface area contributed by atoms with Crippen LogP contribution in [0, 0.1) is 17.8 Å². The van der Waals surface area contributed by atoms with Gasteiger partial charge < -0.3 is 15.3 Å². The Morgan fingerprint density at radius 3 is 2.29 bits per heavy atom. The second-order valence-electron chi connectivity index (χ2n) is 7.45. The van der Waals surface area contributed by atoms with Crippen molar-refractivity contribution < 1.29 is 9.90 Å². The van der Waals surface area contributed by atoms with E-state index in [0.717, 1.165) is 45.3 Å². The van der Waals surface area contributed by atoms with Crippen LogP contribution < -0.4 is 5.32 Å². The maximum atomic E-state index is 11.7. The fourth-order valence-electron chi connectivity index (χ4n) is 3.81. The Morgan fingerprint density at radius 2 is 1.86 bits per heavy atom. The van der Waals surface area contributed by atoms with Crippen molar-refractivity contribution in [3.05, 3.63) is 0 Å². The zero-order valence-corrected chi connectivity index (χ0v) is 14.5. The van der Waals surface area contributed by atoms with E-state index in [1.54, 1.807) is 7.05 Å². The summed E-state index contributed by atoms with van der Waals surface area (Å²) in [5.74, 6) is 0.885. The molecule has 4 heteroatoms. The molecule has 0 aromatic rings. The van der Waals surface area contributed by atoms with Crippen molar-refractivity contribution in [3.63, 3.8) is 0 Å². The van der Waals surface area contributed by atoms with E-state index in [4.69, 9.17) is 0 Å². The van der Waals surface area contributed by atoms with Gasteiger partial charge in [-0.2, -0.15) is 0 Å². The van der Waals surface area contributed by atoms with Crippen LogP contribution in [0.2, 0.25) is 0 Å². The number of carbonyl (C=O) groups is 1. The highest BCUT2D eigenvalue weighted by atomic mass is 16.4. The molecule has 0 aliphatic heterocycles.